The van der Waals surface area contributed by atoms with E-state index < -0.39 is 0 Å². The molecule has 0 aliphatic heterocycles. The summed E-state index contributed by atoms with van der Waals surface area (Å²) in [4.78, 5) is 0. The summed E-state index contributed by atoms with van der Waals surface area (Å²) >= 11 is 0. The zero-order valence-corrected chi connectivity index (χ0v) is 23.2. The monoisotopic (exact) mass is 538 g/mol. The summed E-state index contributed by atoms with van der Waals surface area (Å²) in [5.41, 5.74) is 0. The Bertz CT molecular complexity index is 693. The molecule has 2 aliphatic rings. The normalized spacial score (nSPS) is 18.6. The zero-order chi connectivity index (χ0) is 18.9. The van der Waals surface area contributed by atoms with Crippen LogP contribution in [0.4, 0.5) is 0 Å². The minimum absolute atomic E-state index is 0. The van der Waals surface area contributed by atoms with Crippen LogP contribution in [0.2, 0.25) is 0 Å². The summed E-state index contributed by atoms with van der Waals surface area (Å²) in [6, 6.07) is 13.6. The van der Waals surface area contributed by atoms with Gasteiger partial charge in [0, 0.05) is 0 Å². The molecule has 0 spiro atoms. The third kappa shape index (κ3) is 8.98. The van der Waals surface area contributed by atoms with E-state index in [-0.39, 0.29) is 58.9 Å². The van der Waals surface area contributed by atoms with Gasteiger partial charge in [-0.3, -0.25) is 0 Å². The van der Waals surface area contributed by atoms with E-state index in [0.29, 0.717) is 0 Å². The van der Waals surface area contributed by atoms with Crippen molar-refractivity contribution in [2.24, 2.45) is 11.8 Å². The first-order valence-electron chi connectivity index (χ1n) is 10.9. The molecule has 4 heteroatoms. The Labute approximate surface area is 217 Å². The van der Waals surface area contributed by atoms with E-state index in [9.17, 15) is 0 Å². The van der Waals surface area contributed by atoms with Crippen LogP contribution in [0.1, 0.15) is 52.4 Å². The van der Waals surface area contributed by atoms with Crippen molar-refractivity contribution in [1.29, 1.82) is 0 Å². The number of hydrogen-bond acceptors (Lipinski definition) is 0. The van der Waals surface area contributed by atoms with Crippen LogP contribution in [-0.2, 0) is 26.2 Å². The van der Waals surface area contributed by atoms with Crippen molar-refractivity contribution in [3.63, 3.8) is 0 Å². The van der Waals surface area contributed by atoms with Crippen molar-refractivity contribution in [2.45, 2.75) is 52.4 Å². The SMILES string of the molecule is C1=CC2[CH-]CCC2C=C1.CCCCP(CCCC)c1cc2ccccc2[cH-]1.[Cl-].[Cl-].[Zr+4]. The molecule has 0 radical (unpaired) electrons. The first kappa shape index (κ1) is 30.2. The molecule has 1 fully saturated rings. The van der Waals surface area contributed by atoms with E-state index in [1.807, 2.05) is 0 Å². The molecular formula is C26H35Cl2PZr. The van der Waals surface area contributed by atoms with Crippen molar-refractivity contribution < 1.29 is 51.0 Å². The number of allylic oxidation sites excluding steroid dienone is 4. The molecule has 0 aromatic heterocycles. The number of fused-ring (bicyclic) bond motifs is 2. The van der Waals surface area contributed by atoms with E-state index >= 15 is 0 Å². The molecule has 2 aromatic rings. The predicted molar refractivity (Wildman–Crippen MR) is 124 cm³/mol. The molecule has 2 unspecified atom stereocenters. The number of benzene rings is 1. The van der Waals surface area contributed by atoms with Crippen LogP contribution in [0.15, 0.2) is 60.7 Å². The van der Waals surface area contributed by atoms with Crippen LogP contribution < -0.4 is 30.1 Å². The molecule has 2 aromatic carbocycles. The standard InChI is InChI=1S/C17H24P.C9H11.2ClH.Zr/c1-3-5-11-18(12-6-4-2)17-13-15-9-7-8-10-16(15)14-17;1-2-5-9-7-3-6-8(9)4-1;;;/h7-10,13-14H,3-6,11-12H2,1-2H3;1-2,4-6,8-9H,3,7H2;2*1H;/q2*-1;;;+4/p-2. The van der Waals surface area contributed by atoms with Gasteiger partial charge in [0.15, 0.2) is 0 Å². The summed E-state index contributed by atoms with van der Waals surface area (Å²) in [6.07, 6.45) is 22.3. The smallest absolute Gasteiger partial charge is 1.00 e. The summed E-state index contributed by atoms with van der Waals surface area (Å²) in [6.45, 7) is 4.60. The van der Waals surface area contributed by atoms with Gasteiger partial charge in [0.25, 0.3) is 0 Å². The fourth-order valence-electron chi connectivity index (χ4n) is 4.08. The first-order valence-corrected chi connectivity index (χ1v) is 12.6. The van der Waals surface area contributed by atoms with E-state index in [1.54, 1.807) is 5.30 Å². The number of hydrogen-bond donors (Lipinski definition) is 0. The van der Waals surface area contributed by atoms with E-state index in [4.69, 9.17) is 0 Å². The first-order chi connectivity index (χ1) is 13.3. The van der Waals surface area contributed by atoms with Crippen molar-refractivity contribution in [3.8, 4) is 0 Å². The maximum absolute atomic E-state index is 2.44. The molecule has 0 bridgehead atoms. The quantitative estimate of drug-likeness (QED) is 0.370. The van der Waals surface area contributed by atoms with Gasteiger partial charge in [0.05, 0.1) is 0 Å². The van der Waals surface area contributed by atoms with Gasteiger partial charge < -0.3 is 31.2 Å². The fourth-order valence-corrected chi connectivity index (χ4v) is 6.86. The molecule has 0 amide bonds. The second-order valence-electron chi connectivity index (χ2n) is 7.86. The predicted octanol–water partition coefficient (Wildman–Crippen LogP) is 1.61. The van der Waals surface area contributed by atoms with Crippen LogP contribution in [0.3, 0.4) is 0 Å². The number of unbranched alkanes of at least 4 members (excludes halogenated alkanes) is 2. The van der Waals surface area contributed by atoms with Crippen LogP contribution in [0, 0.1) is 18.3 Å². The summed E-state index contributed by atoms with van der Waals surface area (Å²) in [5, 5.41) is 4.48. The van der Waals surface area contributed by atoms with Crippen molar-refractivity contribution in [3.05, 3.63) is 67.1 Å². The Morgan fingerprint density at radius 1 is 0.967 bits per heavy atom. The summed E-state index contributed by atoms with van der Waals surface area (Å²) in [5.74, 6) is 1.62. The Kier molecular flexibility index (Phi) is 16.9. The largest absolute Gasteiger partial charge is 4.00 e. The molecule has 0 heterocycles. The minimum Gasteiger partial charge on any atom is -1.00 e. The van der Waals surface area contributed by atoms with E-state index in [1.165, 1.54) is 61.6 Å². The van der Waals surface area contributed by atoms with Gasteiger partial charge in [-0.05, 0) is 31.1 Å². The van der Waals surface area contributed by atoms with E-state index in [2.05, 4.69) is 81.0 Å². The molecule has 0 nitrogen and oxygen atoms in total. The molecule has 2 aliphatic carbocycles. The molecule has 0 N–H and O–H groups in total. The third-order valence-electron chi connectivity index (χ3n) is 5.77. The maximum atomic E-state index is 2.44. The fraction of sp³-hybridized carbons (Fsp3) is 0.462. The van der Waals surface area contributed by atoms with Gasteiger partial charge in [-0.25, -0.2) is 0 Å². The van der Waals surface area contributed by atoms with Crippen LogP contribution in [-0.4, -0.2) is 12.3 Å². The third-order valence-corrected chi connectivity index (χ3v) is 8.47. The topological polar surface area (TPSA) is 0 Å². The van der Waals surface area contributed by atoms with Crippen molar-refractivity contribution in [1.82, 2.24) is 0 Å². The van der Waals surface area contributed by atoms with Gasteiger partial charge in [0.2, 0.25) is 0 Å². The number of halogens is 2. The van der Waals surface area contributed by atoms with Crippen molar-refractivity contribution in [2.75, 3.05) is 12.3 Å². The van der Waals surface area contributed by atoms with E-state index in [0.717, 1.165) is 11.8 Å². The van der Waals surface area contributed by atoms with Gasteiger partial charge in [-0.2, -0.15) is 12.5 Å². The summed E-state index contributed by atoms with van der Waals surface area (Å²) < 4.78 is 0. The average molecular weight is 541 g/mol. The molecule has 4 rings (SSSR count). The van der Waals surface area contributed by atoms with Gasteiger partial charge in [-0.1, -0.05) is 65.3 Å². The van der Waals surface area contributed by atoms with Crippen LogP contribution >= 0.6 is 7.92 Å². The zero-order valence-electron chi connectivity index (χ0n) is 18.4. The van der Waals surface area contributed by atoms with Crippen molar-refractivity contribution >= 4 is 24.0 Å². The molecule has 1 saturated carbocycles. The van der Waals surface area contributed by atoms with Gasteiger partial charge in [-0.15, -0.1) is 52.3 Å². The second kappa shape index (κ2) is 16.8. The Balaban J connectivity index is 0.000000597. The molecular weight excluding hydrogens is 505 g/mol. The van der Waals surface area contributed by atoms with Gasteiger partial charge in [0.1, 0.15) is 0 Å². The second-order valence-corrected chi connectivity index (χ2v) is 10.4. The van der Waals surface area contributed by atoms with Gasteiger partial charge >= 0.3 is 26.2 Å². The minimum atomic E-state index is 0. The molecule has 2 atom stereocenters. The van der Waals surface area contributed by atoms with Crippen LogP contribution in [0.5, 0.6) is 0 Å². The Hall–Kier alpha value is 0.203. The Morgan fingerprint density at radius 3 is 2.27 bits per heavy atom. The van der Waals surface area contributed by atoms with Crippen LogP contribution in [0.25, 0.3) is 10.8 Å². The number of rotatable bonds is 7. The maximum Gasteiger partial charge on any atom is 4.00 e. The molecule has 162 valence electrons. The Morgan fingerprint density at radius 2 is 1.63 bits per heavy atom. The molecule has 0 saturated heterocycles. The average Bonchev–Trinajstić information content (AvgIpc) is 3.35. The summed E-state index contributed by atoms with van der Waals surface area (Å²) in [7, 11) is 0.0856. The molecule has 30 heavy (non-hydrogen) atoms.